The summed E-state index contributed by atoms with van der Waals surface area (Å²) in [5.74, 6) is 0. The number of hydrogen-bond acceptors (Lipinski definition) is 2. The fraction of sp³-hybridized carbons (Fsp3) is 0.947. The van der Waals surface area contributed by atoms with E-state index in [1.807, 2.05) is 0 Å². The summed E-state index contributed by atoms with van der Waals surface area (Å²) in [6.07, 6.45) is 15.3. The zero-order chi connectivity index (χ0) is 16.7. The van der Waals surface area contributed by atoms with Crippen molar-refractivity contribution in [3.05, 3.63) is 0 Å². The molecule has 3 heteroatoms. The van der Waals surface area contributed by atoms with E-state index in [1.54, 1.807) is 0 Å². The topological polar surface area (TPSA) is 46.5 Å². The Kier molecular flexibility index (Phi) is 13.4. The predicted octanol–water partition coefficient (Wildman–Crippen LogP) is 6.80. The Hall–Kier alpha value is -0.730. The van der Waals surface area contributed by atoms with Crippen LogP contribution in [0.5, 0.6) is 0 Å². The van der Waals surface area contributed by atoms with E-state index in [0.717, 1.165) is 12.8 Å². The molecular weight excluding hydrogens is 276 g/mol. The summed E-state index contributed by atoms with van der Waals surface area (Å²) in [7, 11) is 0. The SMILES string of the molecule is CCCCC(CCCC)(CCCC)CCCCCOC(=O)O. The van der Waals surface area contributed by atoms with Crippen LogP contribution in [0.3, 0.4) is 0 Å². The molecule has 0 saturated carbocycles. The minimum atomic E-state index is -1.15. The Balaban J connectivity index is 4.29. The number of carboxylic acid groups (broad SMARTS) is 1. The molecule has 0 atom stereocenters. The fourth-order valence-corrected chi connectivity index (χ4v) is 3.34. The van der Waals surface area contributed by atoms with E-state index < -0.39 is 6.16 Å². The van der Waals surface area contributed by atoms with Crippen molar-refractivity contribution in [1.29, 1.82) is 0 Å². The van der Waals surface area contributed by atoms with Crippen LogP contribution in [0.2, 0.25) is 0 Å². The third-order valence-electron chi connectivity index (χ3n) is 4.76. The Morgan fingerprint density at radius 3 is 1.64 bits per heavy atom. The molecular formula is C19H38O3. The third-order valence-corrected chi connectivity index (χ3v) is 4.76. The van der Waals surface area contributed by atoms with Crippen LogP contribution in [0.15, 0.2) is 0 Å². The molecule has 1 N–H and O–H groups in total. The lowest BCUT2D eigenvalue weighted by Crippen LogP contribution is -2.21. The summed E-state index contributed by atoms with van der Waals surface area (Å²) >= 11 is 0. The number of unbranched alkanes of at least 4 members (excludes halogenated alkanes) is 5. The van der Waals surface area contributed by atoms with Crippen molar-refractivity contribution < 1.29 is 14.6 Å². The van der Waals surface area contributed by atoms with Crippen LogP contribution in [0.1, 0.15) is 104 Å². The van der Waals surface area contributed by atoms with Crippen molar-refractivity contribution in [3.8, 4) is 0 Å². The van der Waals surface area contributed by atoms with Gasteiger partial charge in [-0.05, 0) is 37.5 Å². The molecule has 0 fully saturated rings. The largest absolute Gasteiger partial charge is 0.505 e. The van der Waals surface area contributed by atoms with Crippen molar-refractivity contribution in [3.63, 3.8) is 0 Å². The zero-order valence-corrected chi connectivity index (χ0v) is 15.2. The summed E-state index contributed by atoms with van der Waals surface area (Å²) in [4.78, 5) is 10.3. The molecule has 0 bridgehead atoms. The van der Waals surface area contributed by atoms with Crippen LogP contribution in [-0.2, 0) is 4.74 Å². The van der Waals surface area contributed by atoms with Crippen molar-refractivity contribution >= 4 is 6.16 Å². The second kappa shape index (κ2) is 13.9. The monoisotopic (exact) mass is 314 g/mol. The lowest BCUT2D eigenvalue weighted by molar-refractivity contribution is 0.0892. The minimum absolute atomic E-state index is 0.348. The van der Waals surface area contributed by atoms with Crippen LogP contribution < -0.4 is 0 Å². The molecule has 0 aliphatic heterocycles. The van der Waals surface area contributed by atoms with Crippen LogP contribution in [-0.4, -0.2) is 17.9 Å². The number of carbonyl (C=O) groups is 1. The first-order valence-corrected chi connectivity index (χ1v) is 9.46. The van der Waals surface area contributed by atoms with Crippen LogP contribution in [0.4, 0.5) is 4.79 Å². The Bertz CT molecular complexity index is 242. The third kappa shape index (κ3) is 10.9. The second-order valence-corrected chi connectivity index (χ2v) is 6.74. The second-order valence-electron chi connectivity index (χ2n) is 6.74. The molecule has 0 aliphatic carbocycles. The number of ether oxygens (including phenoxy) is 1. The maximum Gasteiger partial charge on any atom is 0.505 e. The van der Waals surface area contributed by atoms with Crippen LogP contribution >= 0.6 is 0 Å². The van der Waals surface area contributed by atoms with E-state index >= 15 is 0 Å². The Morgan fingerprint density at radius 1 is 0.773 bits per heavy atom. The quantitative estimate of drug-likeness (QED) is 0.267. The number of rotatable bonds is 15. The van der Waals surface area contributed by atoms with Gasteiger partial charge in [-0.1, -0.05) is 72.1 Å². The summed E-state index contributed by atoms with van der Waals surface area (Å²) < 4.78 is 4.59. The highest BCUT2D eigenvalue weighted by molar-refractivity contribution is 5.56. The highest BCUT2D eigenvalue weighted by Crippen LogP contribution is 2.41. The smallest absolute Gasteiger partial charge is 0.450 e. The summed E-state index contributed by atoms with van der Waals surface area (Å²) in [6.45, 7) is 7.20. The first kappa shape index (κ1) is 21.3. The van der Waals surface area contributed by atoms with E-state index in [1.165, 1.54) is 70.6 Å². The van der Waals surface area contributed by atoms with E-state index in [2.05, 4.69) is 25.5 Å². The fourth-order valence-electron chi connectivity index (χ4n) is 3.34. The van der Waals surface area contributed by atoms with Gasteiger partial charge in [0.15, 0.2) is 0 Å². The van der Waals surface area contributed by atoms with E-state index in [9.17, 15) is 4.79 Å². The minimum Gasteiger partial charge on any atom is -0.450 e. The Morgan fingerprint density at radius 2 is 1.23 bits per heavy atom. The molecule has 0 aliphatic rings. The molecule has 0 aromatic heterocycles. The average molecular weight is 315 g/mol. The van der Waals surface area contributed by atoms with Gasteiger partial charge in [0.05, 0.1) is 6.61 Å². The van der Waals surface area contributed by atoms with E-state index in [-0.39, 0.29) is 0 Å². The molecule has 0 radical (unpaired) electrons. The summed E-state index contributed by atoms with van der Waals surface area (Å²) in [6, 6.07) is 0. The molecule has 3 nitrogen and oxygen atoms in total. The van der Waals surface area contributed by atoms with Crippen molar-refractivity contribution in [2.75, 3.05) is 6.61 Å². The van der Waals surface area contributed by atoms with Gasteiger partial charge in [0, 0.05) is 0 Å². The highest BCUT2D eigenvalue weighted by atomic mass is 16.7. The van der Waals surface area contributed by atoms with Crippen molar-refractivity contribution in [2.45, 2.75) is 104 Å². The van der Waals surface area contributed by atoms with Gasteiger partial charge in [0.25, 0.3) is 0 Å². The van der Waals surface area contributed by atoms with Crippen LogP contribution in [0, 0.1) is 5.41 Å². The highest BCUT2D eigenvalue weighted by Gasteiger charge is 2.27. The molecule has 0 unspecified atom stereocenters. The van der Waals surface area contributed by atoms with Crippen LogP contribution in [0.25, 0.3) is 0 Å². The van der Waals surface area contributed by atoms with Crippen molar-refractivity contribution in [1.82, 2.24) is 0 Å². The first-order chi connectivity index (χ1) is 10.6. The maximum absolute atomic E-state index is 10.3. The lowest BCUT2D eigenvalue weighted by atomic mass is 9.71. The molecule has 0 aromatic rings. The predicted molar refractivity (Wildman–Crippen MR) is 93.5 cm³/mol. The van der Waals surface area contributed by atoms with E-state index in [0.29, 0.717) is 12.0 Å². The summed E-state index contributed by atoms with van der Waals surface area (Å²) in [5, 5.41) is 8.47. The van der Waals surface area contributed by atoms with Gasteiger partial charge in [-0.3, -0.25) is 0 Å². The molecule has 22 heavy (non-hydrogen) atoms. The van der Waals surface area contributed by atoms with Gasteiger partial charge < -0.3 is 9.84 Å². The standard InChI is InChI=1S/C19H38O3/c1-4-7-13-19(14-8-5-2,15-9-6-3)16-11-10-12-17-22-18(20)21/h4-17H2,1-3H3,(H,20,21). The molecule has 132 valence electrons. The molecule has 0 saturated heterocycles. The average Bonchev–Trinajstić information content (AvgIpc) is 2.51. The van der Waals surface area contributed by atoms with Gasteiger partial charge in [0.1, 0.15) is 0 Å². The molecule has 0 amide bonds. The lowest BCUT2D eigenvalue weighted by Gasteiger charge is -2.35. The van der Waals surface area contributed by atoms with E-state index in [4.69, 9.17) is 5.11 Å². The maximum atomic E-state index is 10.3. The van der Waals surface area contributed by atoms with Gasteiger partial charge in [-0.25, -0.2) is 4.79 Å². The number of hydrogen-bond donors (Lipinski definition) is 1. The van der Waals surface area contributed by atoms with Gasteiger partial charge >= 0.3 is 6.16 Å². The Labute approximate surface area is 137 Å². The van der Waals surface area contributed by atoms with Gasteiger partial charge in [-0.2, -0.15) is 0 Å². The zero-order valence-electron chi connectivity index (χ0n) is 15.2. The van der Waals surface area contributed by atoms with Gasteiger partial charge in [0.2, 0.25) is 0 Å². The summed E-state index contributed by atoms with van der Waals surface area (Å²) in [5.41, 5.74) is 0.537. The normalized spacial score (nSPS) is 11.6. The van der Waals surface area contributed by atoms with Gasteiger partial charge in [-0.15, -0.1) is 0 Å². The molecule has 0 spiro atoms. The molecule has 0 aromatic carbocycles. The molecule has 0 heterocycles. The first-order valence-electron chi connectivity index (χ1n) is 9.46. The molecule has 0 rings (SSSR count). The van der Waals surface area contributed by atoms with Crippen molar-refractivity contribution in [2.24, 2.45) is 5.41 Å².